The fraction of sp³-hybridized carbons (Fsp3) is 0.600. The smallest absolute Gasteiger partial charge is 0.133 e. The van der Waals surface area contributed by atoms with Crippen LogP contribution in [0.5, 0.6) is 0 Å². The number of hydrogen-bond donors (Lipinski definition) is 0. The van der Waals surface area contributed by atoms with Gasteiger partial charge in [0, 0.05) is 31.4 Å². The van der Waals surface area contributed by atoms with Crippen LogP contribution in [-0.2, 0) is 0 Å². The SMILES string of the molecule is CC.CN1CC(c2ncccn2)C1. The molecule has 2 heterocycles. The van der Waals surface area contributed by atoms with Gasteiger partial charge >= 0.3 is 0 Å². The minimum atomic E-state index is 0.571. The molecule has 0 unspecified atom stereocenters. The molecule has 3 nitrogen and oxygen atoms in total. The molecule has 72 valence electrons. The van der Waals surface area contributed by atoms with Crippen LogP contribution in [0.15, 0.2) is 18.5 Å². The average Bonchev–Trinajstić information content (AvgIpc) is 2.18. The Balaban J connectivity index is 0.000000396. The van der Waals surface area contributed by atoms with Gasteiger partial charge < -0.3 is 4.90 Å². The molecule has 1 saturated heterocycles. The first-order valence-electron chi connectivity index (χ1n) is 4.82. The van der Waals surface area contributed by atoms with E-state index >= 15 is 0 Å². The fourth-order valence-electron chi connectivity index (χ4n) is 1.38. The molecule has 1 aromatic rings. The van der Waals surface area contributed by atoms with Crippen molar-refractivity contribution in [3.63, 3.8) is 0 Å². The van der Waals surface area contributed by atoms with Crippen molar-refractivity contribution in [1.29, 1.82) is 0 Å². The summed E-state index contributed by atoms with van der Waals surface area (Å²) in [5, 5.41) is 0. The molecule has 0 radical (unpaired) electrons. The van der Waals surface area contributed by atoms with Crippen molar-refractivity contribution in [3.8, 4) is 0 Å². The molecule has 0 bridgehead atoms. The number of likely N-dealkylation sites (N-methyl/N-ethyl adjacent to an activating group) is 1. The van der Waals surface area contributed by atoms with Crippen LogP contribution in [0.25, 0.3) is 0 Å². The molecule has 0 spiro atoms. The molecule has 0 aliphatic carbocycles. The molecule has 0 atom stereocenters. The summed E-state index contributed by atoms with van der Waals surface area (Å²) in [6, 6.07) is 1.85. The lowest BCUT2D eigenvalue weighted by Crippen LogP contribution is -2.42. The van der Waals surface area contributed by atoms with Gasteiger partial charge in [-0.2, -0.15) is 0 Å². The number of aromatic nitrogens is 2. The Morgan fingerprint density at radius 1 is 1.23 bits per heavy atom. The zero-order valence-electron chi connectivity index (χ0n) is 8.57. The van der Waals surface area contributed by atoms with E-state index in [9.17, 15) is 0 Å². The van der Waals surface area contributed by atoms with Gasteiger partial charge in [-0.05, 0) is 13.1 Å². The van der Waals surface area contributed by atoms with E-state index < -0.39 is 0 Å². The van der Waals surface area contributed by atoms with Crippen LogP contribution in [0.4, 0.5) is 0 Å². The second-order valence-electron chi connectivity index (χ2n) is 3.03. The predicted octanol–water partition coefficient (Wildman–Crippen LogP) is 1.53. The van der Waals surface area contributed by atoms with Crippen molar-refractivity contribution >= 4 is 0 Å². The highest BCUT2D eigenvalue weighted by Gasteiger charge is 2.26. The zero-order valence-corrected chi connectivity index (χ0v) is 8.57. The van der Waals surface area contributed by atoms with E-state index in [4.69, 9.17) is 0 Å². The van der Waals surface area contributed by atoms with E-state index in [1.165, 1.54) is 0 Å². The van der Waals surface area contributed by atoms with E-state index in [0.29, 0.717) is 5.92 Å². The molecular formula is C10H17N3. The van der Waals surface area contributed by atoms with Gasteiger partial charge in [-0.25, -0.2) is 9.97 Å². The van der Waals surface area contributed by atoms with Crippen LogP contribution in [0.3, 0.4) is 0 Å². The fourth-order valence-corrected chi connectivity index (χ4v) is 1.38. The summed E-state index contributed by atoms with van der Waals surface area (Å²) in [4.78, 5) is 10.7. The van der Waals surface area contributed by atoms with Crippen LogP contribution in [0.1, 0.15) is 25.6 Å². The van der Waals surface area contributed by atoms with Crippen LogP contribution in [-0.4, -0.2) is 35.0 Å². The van der Waals surface area contributed by atoms with Gasteiger partial charge in [-0.15, -0.1) is 0 Å². The second kappa shape index (κ2) is 4.92. The quantitative estimate of drug-likeness (QED) is 0.654. The molecule has 3 heteroatoms. The molecule has 1 fully saturated rings. The third-order valence-electron chi connectivity index (χ3n) is 2.02. The lowest BCUT2D eigenvalue weighted by Gasteiger charge is -2.34. The Labute approximate surface area is 79.8 Å². The van der Waals surface area contributed by atoms with E-state index in [1.54, 1.807) is 12.4 Å². The third-order valence-corrected chi connectivity index (χ3v) is 2.02. The summed E-state index contributed by atoms with van der Waals surface area (Å²) in [6.07, 6.45) is 3.61. The van der Waals surface area contributed by atoms with Gasteiger partial charge in [0.25, 0.3) is 0 Å². The normalized spacial score (nSPS) is 17.2. The van der Waals surface area contributed by atoms with Crippen molar-refractivity contribution in [2.75, 3.05) is 20.1 Å². The number of rotatable bonds is 1. The minimum absolute atomic E-state index is 0.571. The van der Waals surface area contributed by atoms with Crippen LogP contribution in [0, 0.1) is 0 Å². The maximum absolute atomic E-state index is 4.20. The van der Waals surface area contributed by atoms with Crippen molar-refractivity contribution < 1.29 is 0 Å². The van der Waals surface area contributed by atoms with Crippen molar-refractivity contribution in [1.82, 2.24) is 14.9 Å². The maximum Gasteiger partial charge on any atom is 0.133 e. The van der Waals surface area contributed by atoms with E-state index in [0.717, 1.165) is 18.9 Å². The number of hydrogen-bond acceptors (Lipinski definition) is 3. The highest BCUT2D eigenvalue weighted by atomic mass is 15.2. The molecular weight excluding hydrogens is 162 g/mol. The highest BCUT2D eigenvalue weighted by molar-refractivity contribution is 5.03. The summed E-state index contributed by atoms with van der Waals surface area (Å²) >= 11 is 0. The summed E-state index contributed by atoms with van der Waals surface area (Å²) < 4.78 is 0. The van der Waals surface area contributed by atoms with Crippen LogP contribution in [0.2, 0.25) is 0 Å². The molecule has 0 saturated carbocycles. The Morgan fingerprint density at radius 3 is 2.23 bits per heavy atom. The standard InChI is InChI=1S/C8H11N3.C2H6/c1-11-5-7(6-11)8-9-3-2-4-10-8;1-2/h2-4,7H,5-6H2,1H3;1-2H3. The molecule has 0 aromatic carbocycles. The summed E-state index contributed by atoms with van der Waals surface area (Å²) in [5.41, 5.74) is 0. The van der Waals surface area contributed by atoms with E-state index in [1.807, 2.05) is 19.9 Å². The Morgan fingerprint density at radius 2 is 1.77 bits per heavy atom. The molecule has 1 aliphatic heterocycles. The van der Waals surface area contributed by atoms with Crippen LogP contribution >= 0.6 is 0 Å². The Bertz CT molecular complexity index is 229. The summed E-state index contributed by atoms with van der Waals surface area (Å²) in [6.45, 7) is 6.20. The Hall–Kier alpha value is -0.960. The topological polar surface area (TPSA) is 29.0 Å². The lowest BCUT2D eigenvalue weighted by atomic mass is 10.0. The van der Waals surface area contributed by atoms with Gasteiger partial charge in [-0.1, -0.05) is 13.8 Å². The second-order valence-corrected chi connectivity index (χ2v) is 3.03. The average molecular weight is 179 g/mol. The van der Waals surface area contributed by atoms with Crippen molar-refractivity contribution in [2.45, 2.75) is 19.8 Å². The molecule has 2 rings (SSSR count). The van der Waals surface area contributed by atoms with E-state index in [-0.39, 0.29) is 0 Å². The van der Waals surface area contributed by atoms with Gasteiger partial charge in [0.2, 0.25) is 0 Å². The highest BCUT2D eigenvalue weighted by Crippen LogP contribution is 2.21. The largest absolute Gasteiger partial charge is 0.305 e. The monoisotopic (exact) mass is 179 g/mol. The van der Waals surface area contributed by atoms with E-state index in [2.05, 4.69) is 21.9 Å². The molecule has 1 aliphatic rings. The molecule has 0 amide bonds. The maximum atomic E-state index is 4.20. The number of nitrogens with zero attached hydrogens (tertiary/aromatic N) is 3. The molecule has 0 N–H and O–H groups in total. The zero-order chi connectivity index (χ0) is 9.68. The molecule has 13 heavy (non-hydrogen) atoms. The number of likely N-dealkylation sites (tertiary alicyclic amines) is 1. The first-order valence-corrected chi connectivity index (χ1v) is 4.82. The lowest BCUT2D eigenvalue weighted by molar-refractivity contribution is 0.183. The van der Waals surface area contributed by atoms with Crippen molar-refractivity contribution in [2.24, 2.45) is 0 Å². The van der Waals surface area contributed by atoms with Gasteiger partial charge in [0.15, 0.2) is 0 Å². The summed E-state index contributed by atoms with van der Waals surface area (Å²) in [7, 11) is 2.11. The first-order chi connectivity index (χ1) is 6.36. The van der Waals surface area contributed by atoms with Crippen molar-refractivity contribution in [3.05, 3.63) is 24.3 Å². The first kappa shape index (κ1) is 10.1. The van der Waals surface area contributed by atoms with Gasteiger partial charge in [0.05, 0.1) is 0 Å². The van der Waals surface area contributed by atoms with Crippen LogP contribution < -0.4 is 0 Å². The summed E-state index contributed by atoms with van der Waals surface area (Å²) in [5.74, 6) is 1.56. The minimum Gasteiger partial charge on any atom is -0.305 e. The third kappa shape index (κ3) is 2.49. The Kier molecular flexibility index (Phi) is 3.83. The predicted molar refractivity (Wildman–Crippen MR) is 53.6 cm³/mol. The van der Waals surface area contributed by atoms with Gasteiger partial charge in [0.1, 0.15) is 5.82 Å². The molecule has 1 aromatic heterocycles. The van der Waals surface area contributed by atoms with Gasteiger partial charge in [-0.3, -0.25) is 0 Å².